The topological polar surface area (TPSA) is 47.4 Å². The number of carbonyl (C=O) groups is 1. The maximum Gasteiger partial charge on any atom is 0.260 e. The zero-order valence-electron chi connectivity index (χ0n) is 14.1. The van der Waals surface area contributed by atoms with Crippen molar-refractivity contribution in [1.82, 2.24) is 14.7 Å². The Morgan fingerprint density at radius 3 is 2.48 bits per heavy atom. The molecule has 0 spiro atoms. The van der Waals surface area contributed by atoms with Crippen LogP contribution in [-0.4, -0.2) is 34.2 Å². The van der Waals surface area contributed by atoms with Gasteiger partial charge in [0.2, 0.25) is 0 Å². The molecular weight excluding hydrogens is 314 g/mol. The van der Waals surface area contributed by atoms with Gasteiger partial charge in [-0.2, -0.15) is 5.10 Å². The zero-order chi connectivity index (χ0) is 17.1. The van der Waals surface area contributed by atoms with Gasteiger partial charge in [0, 0.05) is 19.1 Å². The predicted molar refractivity (Wildman–Crippen MR) is 90.8 cm³/mol. The molecule has 0 fully saturated rings. The molecule has 6 heteroatoms. The van der Waals surface area contributed by atoms with Gasteiger partial charge in [-0.25, -0.2) is 0 Å². The predicted octanol–water partition coefficient (Wildman–Crippen LogP) is 3.29. The summed E-state index contributed by atoms with van der Waals surface area (Å²) in [6.07, 6.45) is 0. The van der Waals surface area contributed by atoms with Gasteiger partial charge in [-0.05, 0) is 38.5 Å². The van der Waals surface area contributed by atoms with Crippen molar-refractivity contribution in [1.29, 1.82) is 0 Å². The van der Waals surface area contributed by atoms with Gasteiger partial charge in [0.1, 0.15) is 5.69 Å². The highest BCUT2D eigenvalue weighted by Gasteiger charge is 2.19. The molecule has 1 aromatic heterocycles. The summed E-state index contributed by atoms with van der Waals surface area (Å²) in [4.78, 5) is 14.0. The minimum Gasteiger partial charge on any atom is -0.480 e. The Balaban J connectivity index is 2.01. The molecule has 0 aliphatic carbocycles. The van der Waals surface area contributed by atoms with E-state index in [4.69, 9.17) is 16.3 Å². The molecule has 1 heterocycles. The fraction of sp³-hybridized carbons (Fsp3) is 0.412. The Kier molecular flexibility index (Phi) is 5.31. The van der Waals surface area contributed by atoms with E-state index >= 15 is 0 Å². The molecule has 1 atom stereocenters. The smallest absolute Gasteiger partial charge is 0.260 e. The summed E-state index contributed by atoms with van der Waals surface area (Å²) in [5.41, 5.74) is 2.72. The first-order chi connectivity index (χ1) is 10.8. The molecule has 0 bridgehead atoms. The lowest BCUT2D eigenvalue weighted by Gasteiger charge is -2.25. The van der Waals surface area contributed by atoms with E-state index in [0.29, 0.717) is 10.8 Å². The highest BCUT2D eigenvalue weighted by Crippen LogP contribution is 2.23. The van der Waals surface area contributed by atoms with Crippen molar-refractivity contribution in [2.24, 2.45) is 7.05 Å². The third kappa shape index (κ3) is 3.85. The Bertz CT molecular complexity index is 695. The molecule has 0 aliphatic rings. The average molecular weight is 336 g/mol. The standard InChI is InChI=1S/C17H22ClN3O2/c1-11-17(13(3)21(5)19-11)23-10-16(22)20(4)12(2)14-6-8-15(18)9-7-14/h6-9,12H,10H2,1-5H3/t12-/m1/s1. The average Bonchev–Trinajstić information content (AvgIpc) is 2.77. The Morgan fingerprint density at radius 1 is 1.35 bits per heavy atom. The van der Waals surface area contributed by atoms with Crippen molar-refractivity contribution in [3.63, 3.8) is 0 Å². The van der Waals surface area contributed by atoms with E-state index in [0.717, 1.165) is 17.0 Å². The zero-order valence-corrected chi connectivity index (χ0v) is 14.9. The SMILES string of the molecule is Cc1nn(C)c(C)c1OCC(=O)N(C)[C@H](C)c1ccc(Cl)cc1. The fourth-order valence-electron chi connectivity index (χ4n) is 2.38. The quantitative estimate of drug-likeness (QED) is 0.842. The normalized spacial score (nSPS) is 12.1. The molecule has 2 aromatic rings. The molecule has 0 saturated heterocycles. The van der Waals surface area contributed by atoms with E-state index in [9.17, 15) is 4.79 Å². The fourth-order valence-corrected chi connectivity index (χ4v) is 2.51. The Morgan fingerprint density at radius 2 is 1.96 bits per heavy atom. The molecule has 0 unspecified atom stereocenters. The lowest BCUT2D eigenvalue weighted by atomic mass is 10.1. The second-order valence-electron chi connectivity index (χ2n) is 5.64. The molecule has 1 aromatic carbocycles. The van der Waals surface area contributed by atoms with E-state index in [1.165, 1.54) is 0 Å². The van der Waals surface area contributed by atoms with Gasteiger partial charge in [0.25, 0.3) is 5.91 Å². The first-order valence-corrected chi connectivity index (χ1v) is 7.83. The van der Waals surface area contributed by atoms with Gasteiger partial charge in [0.15, 0.2) is 12.4 Å². The van der Waals surface area contributed by atoms with Gasteiger partial charge in [-0.1, -0.05) is 23.7 Å². The third-order valence-corrected chi connectivity index (χ3v) is 4.36. The highest BCUT2D eigenvalue weighted by molar-refractivity contribution is 6.30. The van der Waals surface area contributed by atoms with Crippen LogP contribution in [0.2, 0.25) is 5.02 Å². The largest absolute Gasteiger partial charge is 0.480 e. The van der Waals surface area contributed by atoms with Crippen LogP contribution in [0, 0.1) is 13.8 Å². The van der Waals surface area contributed by atoms with Crippen LogP contribution < -0.4 is 4.74 Å². The lowest BCUT2D eigenvalue weighted by molar-refractivity contribution is -0.134. The van der Waals surface area contributed by atoms with Crippen LogP contribution in [-0.2, 0) is 11.8 Å². The number of halogens is 1. The molecule has 0 radical (unpaired) electrons. The van der Waals surface area contributed by atoms with Crippen molar-refractivity contribution in [3.05, 3.63) is 46.2 Å². The molecule has 0 N–H and O–H groups in total. The maximum absolute atomic E-state index is 12.4. The number of carbonyl (C=O) groups excluding carboxylic acids is 1. The number of ether oxygens (including phenoxy) is 1. The third-order valence-electron chi connectivity index (χ3n) is 4.11. The minimum absolute atomic E-state index is 0.0121. The second-order valence-corrected chi connectivity index (χ2v) is 6.08. The summed E-state index contributed by atoms with van der Waals surface area (Å²) >= 11 is 5.90. The minimum atomic E-state index is -0.0879. The summed E-state index contributed by atoms with van der Waals surface area (Å²) in [5.74, 6) is 0.587. The number of aryl methyl sites for hydroxylation is 2. The number of benzene rings is 1. The van der Waals surface area contributed by atoms with Crippen molar-refractivity contribution in [2.75, 3.05) is 13.7 Å². The molecule has 2 rings (SSSR count). The van der Waals surface area contributed by atoms with E-state index in [1.807, 2.05) is 52.1 Å². The summed E-state index contributed by atoms with van der Waals surface area (Å²) in [7, 11) is 3.62. The number of amides is 1. The summed E-state index contributed by atoms with van der Waals surface area (Å²) in [5, 5.41) is 4.96. The van der Waals surface area contributed by atoms with E-state index in [2.05, 4.69) is 5.10 Å². The summed E-state index contributed by atoms with van der Waals surface area (Å²) in [6, 6.07) is 7.44. The van der Waals surface area contributed by atoms with Crippen molar-refractivity contribution < 1.29 is 9.53 Å². The lowest BCUT2D eigenvalue weighted by Crippen LogP contribution is -2.33. The van der Waals surface area contributed by atoms with Crippen molar-refractivity contribution in [3.8, 4) is 5.75 Å². The molecule has 1 amide bonds. The van der Waals surface area contributed by atoms with Gasteiger partial charge in [-0.15, -0.1) is 0 Å². The Hall–Kier alpha value is -2.01. The number of rotatable bonds is 5. The molecular formula is C17H22ClN3O2. The first-order valence-electron chi connectivity index (χ1n) is 7.45. The van der Waals surface area contributed by atoms with Crippen molar-refractivity contribution in [2.45, 2.75) is 26.8 Å². The molecule has 5 nitrogen and oxygen atoms in total. The van der Waals surface area contributed by atoms with E-state index < -0.39 is 0 Å². The Labute approximate surface area is 141 Å². The van der Waals surface area contributed by atoms with Crippen LogP contribution in [0.1, 0.15) is 29.9 Å². The molecule has 0 saturated carbocycles. The van der Waals surface area contributed by atoms with Crippen LogP contribution >= 0.6 is 11.6 Å². The van der Waals surface area contributed by atoms with Gasteiger partial charge >= 0.3 is 0 Å². The van der Waals surface area contributed by atoms with Crippen LogP contribution in [0.25, 0.3) is 0 Å². The number of hydrogen-bond acceptors (Lipinski definition) is 3. The number of hydrogen-bond donors (Lipinski definition) is 0. The number of likely N-dealkylation sites (N-methyl/N-ethyl adjacent to an activating group) is 1. The van der Waals surface area contributed by atoms with Crippen LogP contribution in [0.4, 0.5) is 0 Å². The maximum atomic E-state index is 12.4. The van der Waals surface area contributed by atoms with Gasteiger partial charge < -0.3 is 9.64 Å². The second kappa shape index (κ2) is 7.04. The van der Waals surface area contributed by atoms with Crippen LogP contribution in [0.5, 0.6) is 5.75 Å². The van der Waals surface area contributed by atoms with Gasteiger partial charge in [-0.3, -0.25) is 9.48 Å². The van der Waals surface area contributed by atoms with Crippen molar-refractivity contribution >= 4 is 17.5 Å². The van der Waals surface area contributed by atoms with E-state index in [-0.39, 0.29) is 18.6 Å². The molecule has 0 aliphatic heterocycles. The van der Waals surface area contributed by atoms with Crippen LogP contribution in [0.15, 0.2) is 24.3 Å². The molecule has 23 heavy (non-hydrogen) atoms. The van der Waals surface area contributed by atoms with Gasteiger partial charge in [0.05, 0.1) is 11.7 Å². The molecule has 124 valence electrons. The summed E-state index contributed by atoms with van der Waals surface area (Å²) < 4.78 is 7.43. The summed E-state index contributed by atoms with van der Waals surface area (Å²) in [6.45, 7) is 5.75. The highest BCUT2D eigenvalue weighted by atomic mass is 35.5. The van der Waals surface area contributed by atoms with E-state index in [1.54, 1.807) is 16.6 Å². The monoisotopic (exact) mass is 335 g/mol. The number of aromatic nitrogens is 2. The number of nitrogens with zero attached hydrogens (tertiary/aromatic N) is 3. The first kappa shape index (κ1) is 17.3. The van der Waals surface area contributed by atoms with Crippen LogP contribution in [0.3, 0.4) is 0 Å².